The average molecular weight is 247 g/mol. The zero-order chi connectivity index (χ0) is 12.7. The molecule has 2 rings (SSSR count). The summed E-state index contributed by atoms with van der Waals surface area (Å²) in [4.78, 5) is 13.3. The highest BCUT2D eigenvalue weighted by molar-refractivity contribution is 7.12. The van der Waals surface area contributed by atoms with Crippen LogP contribution in [0.2, 0.25) is 0 Å². The number of rotatable bonds is 1. The average Bonchev–Trinajstić information content (AvgIpc) is 2.70. The smallest absolute Gasteiger partial charge is 0.125 e. The van der Waals surface area contributed by atoms with Gasteiger partial charge in [0.05, 0.1) is 0 Å². The molecule has 0 aliphatic heterocycles. The predicted molar refractivity (Wildman–Crippen MR) is 73.1 cm³/mol. The van der Waals surface area contributed by atoms with E-state index in [0.29, 0.717) is 0 Å². The number of hydrogen-bond acceptors (Lipinski definition) is 4. The third-order valence-corrected chi connectivity index (χ3v) is 2.74. The lowest BCUT2D eigenvalue weighted by molar-refractivity contribution is 1.03. The maximum Gasteiger partial charge on any atom is 0.125 e. The second-order valence-electron chi connectivity index (χ2n) is 3.62. The summed E-state index contributed by atoms with van der Waals surface area (Å²) < 4.78 is 0. The van der Waals surface area contributed by atoms with Crippen LogP contribution in [0.3, 0.4) is 0 Å². The fraction of sp³-hybridized carbons (Fsp3) is 0.308. The summed E-state index contributed by atoms with van der Waals surface area (Å²) in [6.45, 7) is 7.90. The van der Waals surface area contributed by atoms with E-state index in [-0.39, 0.29) is 0 Å². The topological polar surface area (TPSA) is 38.7 Å². The molecule has 3 nitrogen and oxygen atoms in total. The van der Waals surface area contributed by atoms with E-state index in [0.717, 1.165) is 16.4 Å². The number of hydrogen-bond donors (Lipinski definition) is 0. The molecule has 2 aromatic rings. The molecule has 0 unspecified atom stereocenters. The van der Waals surface area contributed by atoms with Crippen LogP contribution in [0.25, 0.3) is 6.08 Å². The molecule has 0 aliphatic rings. The maximum absolute atomic E-state index is 4.14. The minimum atomic E-state index is 0.829. The van der Waals surface area contributed by atoms with E-state index in [4.69, 9.17) is 0 Å². The van der Waals surface area contributed by atoms with Crippen LogP contribution in [0.15, 0.2) is 24.7 Å². The van der Waals surface area contributed by atoms with E-state index in [9.17, 15) is 0 Å². The fourth-order valence-electron chi connectivity index (χ4n) is 1.05. The van der Waals surface area contributed by atoms with Gasteiger partial charge in [0, 0.05) is 23.5 Å². The monoisotopic (exact) mass is 247 g/mol. The zero-order valence-corrected chi connectivity index (χ0v) is 11.5. The number of nitrogens with zero attached hydrogens (tertiary/aromatic N) is 3. The number of aromatic nitrogens is 3. The van der Waals surface area contributed by atoms with E-state index in [1.54, 1.807) is 11.3 Å². The van der Waals surface area contributed by atoms with Gasteiger partial charge < -0.3 is 0 Å². The Morgan fingerprint density at radius 3 is 2.06 bits per heavy atom. The first kappa shape index (κ1) is 13.5. The van der Waals surface area contributed by atoms with Crippen molar-refractivity contribution in [1.82, 2.24) is 15.0 Å². The quantitative estimate of drug-likeness (QED) is 0.773. The molecule has 0 aromatic carbocycles. The van der Waals surface area contributed by atoms with Gasteiger partial charge in [-0.15, -0.1) is 11.3 Å². The zero-order valence-electron chi connectivity index (χ0n) is 10.6. The first-order valence-electron chi connectivity index (χ1n) is 5.42. The molecular weight excluding hydrogens is 230 g/mol. The minimum absolute atomic E-state index is 0.829. The van der Waals surface area contributed by atoms with Crippen molar-refractivity contribution >= 4 is 17.4 Å². The molecule has 0 bridgehead atoms. The lowest BCUT2D eigenvalue weighted by Crippen LogP contribution is -1.84. The minimum Gasteiger partial charge on any atom is -0.245 e. The Bertz CT molecular complexity index is 451. The van der Waals surface area contributed by atoms with Gasteiger partial charge in [0.1, 0.15) is 10.8 Å². The normalized spacial score (nSPS) is 10.1. The molecule has 2 aromatic heterocycles. The van der Waals surface area contributed by atoms with E-state index >= 15 is 0 Å². The summed E-state index contributed by atoms with van der Waals surface area (Å²) in [7, 11) is 0. The summed E-state index contributed by atoms with van der Waals surface area (Å²) >= 11 is 1.71. The molecule has 0 saturated carbocycles. The van der Waals surface area contributed by atoms with Gasteiger partial charge in [-0.3, -0.25) is 0 Å². The van der Waals surface area contributed by atoms with Crippen molar-refractivity contribution in [2.75, 3.05) is 0 Å². The van der Waals surface area contributed by atoms with Gasteiger partial charge in [0.2, 0.25) is 0 Å². The molecule has 17 heavy (non-hydrogen) atoms. The van der Waals surface area contributed by atoms with Gasteiger partial charge >= 0.3 is 0 Å². The largest absolute Gasteiger partial charge is 0.245 e. The van der Waals surface area contributed by atoms with Gasteiger partial charge in [-0.05, 0) is 39.3 Å². The Kier molecular flexibility index (Phi) is 5.49. The standard InChI is InChI=1S/C7H9NS.C6H8N2/c1-3-4-7-8-5-6(2)9-7;1-5-3-7-6(2)8-4-5/h3-5H,1-2H3;3-4H,1-2H3/b4-3+;. The Balaban J connectivity index is 0.000000171. The first-order chi connectivity index (χ1) is 8.11. The summed E-state index contributed by atoms with van der Waals surface area (Å²) in [5.41, 5.74) is 1.11. The molecule has 0 N–H and O–H groups in total. The Labute approximate surface area is 106 Å². The molecule has 0 fully saturated rings. The molecule has 0 amide bonds. The van der Waals surface area contributed by atoms with E-state index < -0.39 is 0 Å². The summed E-state index contributed by atoms with van der Waals surface area (Å²) in [5, 5.41) is 1.09. The second-order valence-corrected chi connectivity index (χ2v) is 4.88. The van der Waals surface area contributed by atoms with Crippen molar-refractivity contribution in [2.24, 2.45) is 0 Å². The Morgan fingerprint density at radius 1 is 1.00 bits per heavy atom. The fourth-order valence-corrected chi connectivity index (χ4v) is 1.79. The number of thiazole rings is 1. The van der Waals surface area contributed by atoms with Crippen LogP contribution in [0, 0.1) is 20.8 Å². The molecule has 0 saturated heterocycles. The van der Waals surface area contributed by atoms with Crippen molar-refractivity contribution in [3.8, 4) is 0 Å². The van der Waals surface area contributed by atoms with Crippen molar-refractivity contribution in [2.45, 2.75) is 27.7 Å². The van der Waals surface area contributed by atoms with Gasteiger partial charge in [-0.25, -0.2) is 15.0 Å². The van der Waals surface area contributed by atoms with Crippen LogP contribution in [0.5, 0.6) is 0 Å². The van der Waals surface area contributed by atoms with Crippen LogP contribution in [0.4, 0.5) is 0 Å². The van der Waals surface area contributed by atoms with Crippen LogP contribution in [-0.4, -0.2) is 15.0 Å². The lowest BCUT2D eigenvalue weighted by atomic mass is 10.4. The van der Waals surface area contributed by atoms with Gasteiger partial charge in [0.25, 0.3) is 0 Å². The molecule has 0 radical (unpaired) electrons. The molecule has 0 aliphatic carbocycles. The number of aryl methyl sites for hydroxylation is 3. The van der Waals surface area contributed by atoms with Crippen LogP contribution in [-0.2, 0) is 0 Å². The Morgan fingerprint density at radius 2 is 1.65 bits per heavy atom. The van der Waals surface area contributed by atoms with Gasteiger partial charge in [-0.1, -0.05) is 6.08 Å². The SMILES string of the molecule is C/C=C/c1ncc(C)s1.Cc1cnc(C)nc1. The summed E-state index contributed by atoms with van der Waals surface area (Å²) in [6, 6.07) is 0. The van der Waals surface area contributed by atoms with Gasteiger partial charge in [-0.2, -0.15) is 0 Å². The van der Waals surface area contributed by atoms with E-state index in [2.05, 4.69) is 21.9 Å². The Hall–Kier alpha value is -1.55. The van der Waals surface area contributed by atoms with Crippen molar-refractivity contribution in [3.63, 3.8) is 0 Å². The number of allylic oxidation sites excluding steroid dienone is 1. The first-order valence-corrected chi connectivity index (χ1v) is 6.24. The molecular formula is C13H17N3S. The highest BCUT2D eigenvalue weighted by Gasteiger charge is 1.89. The molecule has 0 atom stereocenters. The van der Waals surface area contributed by atoms with Crippen molar-refractivity contribution in [3.05, 3.63) is 45.9 Å². The van der Waals surface area contributed by atoms with Crippen molar-refractivity contribution < 1.29 is 0 Å². The highest BCUT2D eigenvalue weighted by atomic mass is 32.1. The predicted octanol–water partition coefficient (Wildman–Crippen LogP) is 3.58. The maximum atomic E-state index is 4.14. The van der Waals surface area contributed by atoms with E-state index in [1.165, 1.54) is 4.88 Å². The van der Waals surface area contributed by atoms with Gasteiger partial charge in [0.15, 0.2) is 0 Å². The summed E-state index contributed by atoms with van der Waals surface area (Å²) in [6.07, 6.45) is 9.51. The van der Waals surface area contributed by atoms with Crippen LogP contribution >= 0.6 is 11.3 Å². The summed E-state index contributed by atoms with van der Waals surface area (Å²) in [5.74, 6) is 0.829. The second kappa shape index (κ2) is 6.91. The highest BCUT2D eigenvalue weighted by Crippen LogP contribution is 2.11. The third kappa shape index (κ3) is 5.36. The molecule has 4 heteroatoms. The third-order valence-electron chi connectivity index (χ3n) is 1.86. The lowest BCUT2D eigenvalue weighted by Gasteiger charge is -1.88. The van der Waals surface area contributed by atoms with Crippen molar-refractivity contribution in [1.29, 1.82) is 0 Å². The molecule has 0 spiro atoms. The van der Waals surface area contributed by atoms with Crippen LogP contribution < -0.4 is 0 Å². The van der Waals surface area contributed by atoms with Crippen LogP contribution in [0.1, 0.15) is 28.2 Å². The molecule has 90 valence electrons. The van der Waals surface area contributed by atoms with E-state index in [1.807, 2.05) is 51.5 Å². The molecule has 2 heterocycles.